The smallest absolute Gasteiger partial charge is 0.208 e. The number of rotatable bonds is 0. The Morgan fingerprint density at radius 2 is 1.88 bits per heavy atom. The summed E-state index contributed by atoms with van der Waals surface area (Å²) in [5.74, 6) is 0. The van der Waals surface area contributed by atoms with Crippen LogP contribution in [0.5, 0.6) is 0 Å². The van der Waals surface area contributed by atoms with Gasteiger partial charge >= 0.3 is 0 Å². The molecule has 0 bridgehead atoms. The molecule has 0 aliphatic carbocycles. The molecule has 0 aromatic carbocycles. The van der Waals surface area contributed by atoms with Gasteiger partial charge in [-0.25, -0.2) is 9.97 Å². The van der Waals surface area contributed by atoms with Crippen LogP contribution in [0.4, 0.5) is 0 Å². The van der Waals surface area contributed by atoms with Gasteiger partial charge < -0.3 is 0 Å². The highest BCUT2D eigenvalue weighted by atomic mass is 79.9. The van der Waals surface area contributed by atoms with Gasteiger partial charge in [-0.15, -0.1) is 0 Å². The van der Waals surface area contributed by atoms with Gasteiger partial charge in [0, 0.05) is 12.4 Å². The Morgan fingerprint density at radius 3 is 2.69 bits per heavy atom. The molecule has 0 fully saturated rings. The summed E-state index contributed by atoms with van der Waals surface area (Å²) >= 11 is 15.7. The summed E-state index contributed by atoms with van der Waals surface area (Å²) in [4.78, 5) is 8.30. The van der Waals surface area contributed by atoms with Crippen molar-refractivity contribution >= 4 is 55.7 Å². The fourth-order valence-corrected chi connectivity index (χ4v) is 2.98. The average Bonchev–Trinajstić information content (AvgIpc) is 2.56. The first-order valence-electron chi connectivity index (χ1n) is 4.45. The van der Waals surface area contributed by atoms with Crippen molar-refractivity contribution in [3.05, 3.63) is 39.3 Å². The lowest BCUT2D eigenvalue weighted by atomic mass is 10.3. The lowest BCUT2D eigenvalue weighted by Gasteiger charge is -1.97. The molecule has 0 aliphatic heterocycles. The first-order chi connectivity index (χ1) is 7.70. The predicted molar refractivity (Wildman–Crippen MR) is 68.2 cm³/mol. The Morgan fingerprint density at radius 1 is 1.12 bits per heavy atom. The van der Waals surface area contributed by atoms with E-state index in [1.54, 1.807) is 22.9 Å². The zero-order valence-electron chi connectivity index (χ0n) is 7.78. The second-order valence-corrected chi connectivity index (χ2v) is 4.78. The molecule has 0 aliphatic rings. The van der Waals surface area contributed by atoms with Crippen LogP contribution in [0.25, 0.3) is 16.6 Å². The molecule has 3 rings (SSSR count). The Balaban J connectivity index is 2.71. The lowest BCUT2D eigenvalue weighted by molar-refractivity contribution is 1.10. The summed E-state index contributed by atoms with van der Waals surface area (Å²) in [5, 5.41) is 1.85. The molecule has 0 saturated heterocycles. The summed E-state index contributed by atoms with van der Waals surface area (Å²) in [6, 6.07) is 3.60. The molecule has 6 heteroatoms. The number of aromatic nitrogens is 3. The first-order valence-corrected chi connectivity index (χ1v) is 5.99. The number of hydrogen-bond acceptors (Lipinski definition) is 2. The van der Waals surface area contributed by atoms with Crippen molar-refractivity contribution < 1.29 is 0 Å². The standard InChI is InChI=1S/C10H4BrCl2N3/c11-8-6-2-4-15-10(13)16(6)9-7(8)5(12)1-3-14-9/h1-4H. The van der Waals surface area contributed by atoms with Gasteiger partial charge in [-0.05, 0) is 39.7 Å². The minimum atomic E-state index is 0.364. The second-order valence-electron chi connectivity index (χ2n) is 3.24. The topological polar surface area (TPSA) is 30.2 Å². The van der Waals surface area contributed by atoms with Crippen molar-refractivity contribution in [3.63, 3.8) is 0 Å². The van der Waals surface area contributed by atoms with E-state index in [0.717, 1.165) is 15.4 Å². The third-order valence-corrected chi connectivity index (χ3v) is 3.76. The van der Waals surface area contributed by atoms with E-state index in [0.29, 0.717) is 16.0 Å². The maximum absolute atomic E-state index is 6.14. The summed E-state index contributed by atoms with van der Waals surface area (Å²) in [6.45, 7) is 0. The maximum Gasteiger partial charge on any atom is 0.208 e. The molecule has 0 saturated carbocycles. The number of fused-ring (bicyclic) bond motifs is 3. The van der Waals surface area contributed by atoms with E-state index in [2.05, 4.69) is 25.9 Å². The predicted octanol–water partition coefficient (Wildman–Crippen LogP) is 3.95. The van der Waals surface area contributed by atoms with Crippen LogP contribution in [0.15, 0.2) is 29.0 Å². The van der Waals surface area contributed by atoms with Gasteiger partial charge in [0.2, 0.25) is 5.28 Å². The van der Waals surface area contributed by atoms with Crippen molar-refractivity contribution in [3.8, 4) is 0 Å². The zero-order valence-corrected chi connectivity index (χ0v) is 10.9. The van der Waals surface area contributed by atoms with Gasteiger partial charge in [0.05, 0.1) is 20.4 Å². The van der Waals surface area contributed by atoms with E-state index < -0.39 is 0 Å². The molecule has 3 aromatic rings. The van der Waals surface area contributed by atoms with E-state index in [9.17, 15) is 0 Å². The van der Waals surface area contributed by atoms with Gasteiger partial charge in [-0.3, -0.25) is 4.40 Å². The molecule has 0 amide bonds. The third kappa shape index (κ3) is 1.27. The van der Waals surface area contributed by atoms with Crippen LogP contribution in [-0.2, 0) is 0 Å². The van der Waals surface area contributed by atoms with Gasteiger partial charge in [0.1, 0.15) is 5.65 Å². The Labute approximate surface area is 109 Å². The Hall–Kier alpha value is -0.840. The summed E-state index contributed by atoms with van der Waals surface area (Å²) in [6.07, 6.45) is 3.29. The summed E-state index contributed by atoms with van der Waals surface area (Å²) in [7, 11) is 0. The minimum Gasteiger partial charge on any atom is -0.267 e. The van der Waals surface area contributed by atoms with Crippen molar-refractivity contribution in [2.45, 2.75) is 0 Å². The van der Waals surface area contributed by atoms with E-state index in [4.69, 9.17) is 23.2 Å². The van der Waals surface area contributed by atoms with Crippen molar-refractivity contribution in [1.82, 2.24) is 14.4 Å². The van der Waals surface area contributed by atoms with E-state index in [1.807, 2.05) is 6.07 Å². The second kappa shape index (κ2) is 3.58. The van der Waals surface area contributed by atoms with E-state index in [1.165, 1.54) is 0 Å². The fourth-order valence-electron chi connectivity index (χ4n) is 1.70. The highest BCUT2D eigenvalue weighted by Gasteiger charge is 2.15. The number of hydrogen-bond donors (Lipinski definition) is 0. The molecule has 0 spiro atoms. The van der Waals surface area contributed by atoms with Gasteiger partial charge in [0.25, 0.3) is 0 Å². The fraction of sp³-hybridized carbons (Fsp3) is 0. The van der Waals surface area contributed by atoms with Crippen LogP contribution in [0, 0.1) is 0 Å². The van der Waals surface area contributed by atoms with Crippen molar-refractivity contribution in [2.75, 3.05) is 0 Å². The molecule has 0 N–H and O–H groups in total. The van der Waals surface area contributed by atoms with Crippen LogP contribution in [0.1, 0.15) is 0 Å². The van der Waals surface area contributed by atoms with Gasteiger partial charge in [-0.2, -0.15) is 0 Å². The number of halogens is 3. The summed E-state index contributed by atoms with van der Waals surface area (Å²) in [5.41, 5.74) is 1.60. The quantitative estimate of drug-likeness (QED) is 0.588. The average molecular weight is 317 g/mol. The lowest BCUT2D eigenvalue weighted by Crippen LogP contribution is -1.90. The monoisotopic (exact) mass is 315 g/mol. The number of nitrogens with zero attached hydrogens (tertiary/aromatic N) is 3. The minimum absolute atomic E-state index is 0.364. The van der Waals surface area contributed by atoms with E-state index in [-0.39, 0.29) is 0 Å². The number of pyridine rings is 1. The molecule has 80 valence electrons. The molecule has 3 aromatic heterocycles. The molecular formula is C10H4BrCl2N3. The van der Waals surface area contributed by atoms with Crippen LogP contribution >= 0.6 is 39.1 Å². The highest BCUT2D eigenvalue weighted by Crippen LogP contribution is 2.35. The van der Waals surface area contributed by atoms with Gasteiger partial charge in [0.15, 0.2) is 0 Å². The maximum atomic E-state index is 6.14. The van der Waals surface area contributed by atoms with Crippen LogP contribution in [0.3, 0.4) is 0 Å². The van der Waals surface area contributed by atoms with Crippen LogP contribution < -0.4 is 0 Å². The zero-order chi connectivity index (χ0) is 11.3. The van der Waals surface area contributed by atoms with E-state index >= 15 is 0 Å². The molecular weight excluding hydrogens is 313 g/mol. The van der Waals surface area contributed by atoms with Gasteiger partial charge in [-0.1, -0.05) is 11.6 Å². The molecule has 16 heavy (non-hydrogen) atoms. The largest absolute Gasteiger partial charge is 0.267 e. The first kappa shape index (κ1) is 10.3. The normalized spacial score (nSPS) is 11.4. The Bertz CT molecular complexity index is 708. The van der Waals surface area contributed by atoms with Crippen LogP contribution in [0.2, 0.25) is 10.3 Å². The highest BCUT2D eigenvalue weighted by molar-refractivity contribution is 9.10. The molecule has 3 nitrogen and oxygen atoms in total. The van der Waals surface area contributed by atoms with Crippen molar-refractivity contribution in [1.29, 1.82) is 0 Å². The third-order valence-electron chi connectivity index (χ3n) is 2.38. The molecule has 3 heterocycles. The van der Waals surface area contributed by atoms with Crippen LogP contribution in [-0.4, -0.2) is 14.4 Å². The molecule has 0 radical (unpaired) electrons. The summed E-state index contributed by atoms with van der Waals surface area (Å²) < 4.78 is 2.64. The molecule has 0 unspecified atom stereocenters. The van der Waals surface area contributed by atoms with Crippen molar-refractivity contribution in [2.24, 2.45) is 0 Å². The molecule has 0 atom stereocenters. The SMILES string of the molecule is Clc1ccnc2c1c(Br)c1ccnc(Cl)n12. The Kier molecular flexibility index (Phi) is 2.31.